The molecule has 168 valence electrons. The highest BCUT2D eigenvalue weighted by molar-refractivity contribution is 6.46. The Labute approximate surface area is 192 Å². The minimum absolute atomic E-state index is 0.0143. The summed E-state index contributed by atoms with van der Waals surface area (Å²) in [6.45, 7) is 7.69. The minimum atomic E-state index is -0.464. The smallest absolute Gasteiger partial charge is 0.282 e. The highest BCUT2D eigenvalue weighted by atomic mass is 19.1. The van der Waals surface area contributed by atoms with Crippen LogP contribution in [0.15, 0.2) is 72.4 Å². The molecule has 33 heavy (non-hydrogen) atoms. The average Bonchev–Trinajstić information content (AvgIpc) is 3.00. The molecule has 0 saturated heterocycles. The lowest BCUT2D eigenvalue weighted by molar-refractivity contribution is -0.120. The Kier molecular flexibility index (Phi) is 6.01. The van der Waals surface area contributed by atoms with Gasteiger partial charge in [0.25, 0.3) is 11.8 Å². The SMILES string of the molecule is Cc1ccc(N2C(=O)C(Nc3ccc(F)cc3)=C(c3ccc(OC(C)C)cc3)C2=O)c(C)c1. The normalized spacial score (nSPS) is 13.8. The fourth-order valence-corrected chi connectivity index (χ4v) is 3.84. The molecular weight excluding hydrogens is 419 g/mol. The largest absolute Gasteiger partial charge is 0.491 e. The molecule has 0 radical (unpaired) electrons. The van der Waals surface area contributed by atoms with Crippen LogP contribution in [0.1, 0.15) is 30.5 Å². The first kappa shape index (κ1) is 22.3. The molecule has 4 rings (SSSR count). The van der Waals surface area contributed by atoms with E-state index in [0.717, 1.165) is 11.1 Å². The first-order valence-electron chi connectivity index (χ1n) is 10.7. The fourth-order valence-electron chi connectivity index (χ4n) is 3.84. The number of amides is 2. The van der Waals surface area contributed by atoms with Gasteiger partial charge in [0.2, 0.25) is 0 Å². The van der Waals surface area contributed by atoms with E-state index in [9.17, 15) is 14.0 Å². The van der Waals surface area contributed by atoms with Gasteiger partial charge in [0.15, 0.2) is 0 Å². The van der Waals surface area contributed by atoms with Gasteiger partial charge in [-0.2, -0.15) is 0 Å². The van der Waals surface area contributed by atoms with E-state index in [1.165, 1.54) is 29.2 Å². The number of aryl methyl sites for hydroxylation is 2. The van der Waals surface area contributed by atoms with Gasteiger partial charge in [0.1, 0.15) is 17.3 Å². The summed E-state index contributed by atoms with van der Waals surface area (Å²) in [5.74, 6) is -0.602. The highest BCUT2D eigenvalue weighted by Gasteiger charge is 2.40. The predicted molar refractivity (Wildman–Crippen MR) is 128 cm³/mol. The summed E-state index contributed by atoms with van der Waals surface area (Å²) < 4.78 is 19.1. The van der Waals surface area contributed by atoms with Crippen molar-refractivity contribution in [2.45, 2.75) is 33.8 Å². The van der Waals surface area contributed by atoms with Crippen LogP contribution in [0.25, 0.3) is 5.57 Å². The molecule has 6 heteroatoms. The van der Waals surface area contributed by atoms with Crippen LogP contribution in [-0.4, -0.2) is 17.9 Å². The summed E-state index contributed by atoms with van der Waals surface area (Å²) in [6.07, 6.45) is 0.0143. The third-order valence-corrected chi connectivity index (χ3v) is 5.31. The molecule has 0 aromatic heterocycles. The zero-order valence-corrected chi connectivity index (χ0v) is 19.0. The van der Waals surface area contributed by atoms with E-state index in [4.69, 9.17) is 4.74 Å². The van der Waals surface area contributed by atoms with Gasteiger partial charge in [-0.3, -0.25) is 9.59 Å². The maximum Gasteiger partial charge on any atom is 0.282 e. The van der Waals surface area contributed by atoms with Gasteiger partial charge in [-0.05, 0) is 81.3 Å². The first-order valence-corrected chi connectivity index (χ1v) is 10.7. The quantitative estimate of drug-likeness (QED) is 0.501. The van der Waals surface area contributed by atoms with Gasteiger partial charge in [-0.1, -0.05) is 29.8 Å². The summed E-state index contributed by atoms with van der Waals surface area (Å²) in [4.78, 5) is 28.3. The average molecular weight is 445 g/mol. The van der Waals surface area contributed by atoms with Crippen LogP contribution < -0.4 is 15.0 Å². The zero-order valence-electron chi connectivity index (χ0n) is 19.0. The van der Waals surface area contributed by atoms with Crippen LogP contribution in [0, 0.1) is 19.7 Å². The Bertz CT molecular complexity index is 1250. The van der Waals surface area contributed by atoms with E-state index in [-0.39, 0.29) is 23.2 Å². The number of nitrogens with zero attached hydrogens (tertiary/aromatic N) is 1. The second-order valence-corrected chi connectivity index (χ2v) is 8.31. The van der Waals surface area contributed by atoms with E-state index < -0.39 is 11.8 Å². The lowest BCUT2D eigenvalue weighted by Gasteiger charge is -2.18. The van der Waals surface area contributed by atoms with Gasteiger partial charge in [-0.15, -0.1) is 0 Å². The number of hydrogen-bond donors (Lipinski definition) is 1. The maximum atomic E-state index is 13.6. The van der Waals surface area contributed by atoms with Gasteiger partial charge < -0.3 is 10.1 Å². The minimum Gasteiger partial charge on any atom is -0.491 e. The van der Waals surface area contributed by atoms with Crippen molar-refractivity contribution in [3.63, 3.8) is 0 Å². The van der Waals surface area contributed by atoms with Gasteiger partial charge in [0.05, 0.1) is 17.4 Å². The van der Waals surface area contributed by atoms with Crippen LogP contribution in [0.5, 0.6) is 5.75 Å². The second kappa shape index (κ2) is 8.90. The fraction of sp³-hybridized carbons (Fsp3) is 0.185. The number of nitrogens with one attached hydrogen (secondary N) is 1. The Morgan fingerprint density at radius 1 is 0.879 bits per heavy atom. The molecule has 0 atom stereocenters. The topological polar surface area (TPSA) is 58.6 Å². The monoisotopic (exact) mass is 444 g/mol. The van der Waals surface area contributed by atoms with Gasteiger partial charge >= 0.3 is 0 Å². The summed E-state index contributed by atoms with van der Waals surface area (Å²) >= 11 is 0. The van der Waals surface area contributed by atoms with Crippen LogP contribution in [-0.2, 0) is 9.59 Å². The summed E-state index contributed by atoms with van der Waals surface area (Å²) in [7, 11) is 0. The van der Waals surface area contributed by atoms with Crippen LogP contribution in [0.3, 0.4) is 0 Å². The predicted octanol–water partition coefficient (Wildman–Crippen LogP) is 5.63. The summed E-state index contributed by atoms with van der Waals surface area (Å²) in [6, 6.07) is 18.3. The summed E-state index contributed by atoms with van der Waals surface area (Å²) in [5, 5.41) is 3.04. The first-order chi connectivity index (χ1) is 15.7. The number of rotatable bonds is 6. The molecule has 0 unspecified atom stereocenters. The number of imide groups is 1. The van der Waals surface area contributed by atoms with E-state index in [1.54, 1.807) is 30.3 Å². The number of anilines is 2. The molecule has 1 heterocycles. The number of halogens is 1. The molecule has 0 saturated carbocycles. The molecule has 0 spiro atoms. The van der Waals surface area contributed by atoms with E-state index in [2.05, 4.69) is 5.32 Å². The van der Waals surface area contributed by atoms with Crippen molar-refractivity contribution in [2.24, 2.45) is 0 Å². The van der Waals surface area contributed by atoms with Crippen LogP contribution >= 0.6 is 0 Å². The molecule has 3 aromatic rings. The Morgan fingerprint density at radius 2 is 1.55 bits per heavy atom. The molecule has 1 N–H and O–H groups in total. The zero-order chi connectivity index (χ0) is 23.7. The number of benzene rings is 3. The lowest BCUT2D eigenvalue weighted by atomic mass is 10.0. The third kappa shape index (κ3) is 4.51. The van der Waals surface area contributed by atoms with E-state index in [0.29, 0.717) is 22.7 Å². The molecule has 2 amide bonds. The van der Waals surface area contributed by atoms with Crippen molar-refractivity contribution in [3.8, 4) is 5.75 Å². The summed E-state index contributed by atoms with van der Waals surface area (Å²) in [5.41, 5.74) is 3.87. The van der Waals surface area contributed by atoms with Gasteiger partial charge in [-0.25, -0.2) is 9.29 Å². The number of carbonyl (C=O) groups excluding carboxylic acids is 2. The third-order valence-electron chi connectivity index (χ3n) is 5.31. The lowest BCUT2D eigenvalue weighted by Crippen LogP contribution is -2.33. The van der Waals surface area contributed by atoms with Crippen molar-refractivity contribution in [3.05, 3.63) is 94.9 Å². The molecule has 0 aliphatic carbocycles. The van der Waals surface area contributed by atoms with Crippen LogP contribution in [0.2, 0.25) is 0 Å². The second-order valence-electron chi connectivity index (χ2n) is 8.31. The molecule has 1 aliphatic heterocycles. The van der Waals surface area contributed by atoms with Crippen molar-refractivity contribution >= 4 is 28.8 Å². The molecule has 1 aliphatic rings. The standard InChI is InChI=1S/C27H25FN2O3/c1-16(2)33-22-12-6-19(7-13-22)24-25(29-21-10-8-20(28)9-11-21)27(32)30(26(24)31)23-14-5-17(3)15-18(23)4/h5-16,29H,1-4H3. The van der Waals surface area contributed by atoms with E-state index in [1.807, 2.05) is 39.8 Å². The highest BCUT2D eigenvalue weighted by Crippen LogP contribution is 2.36. The number of hydrogen-bond acceptors (Lipinski definition) is 4. The molecule has 0 fully saturated rings. The van der Waals surface area contributed by atoms with Gasteiger partial charge in [0, 0.05) is 5.69 Å². The number of carbonyl (C=O) groups is 2. The van der Waals surface area contributed by atoms with Crippen molar-refractivity contribution < 1.29 is 18.7 Å². The van der Waals surface area contributed by atoms with Crippen molar-refractivity contribution in [2.75, 3.05) is 10.2 Å². The number of ether oxygens (including phenoxy) is 1. The van der Waals surface area contributed by atoms with Crippen LogP contribution in [0.4, 0.5) is 15.8 Å². The molecular formula is C27H25FN2O3. The molecule has 0 bridgehead atoms. The maximum absolute atomic E-state index is 13.6. The Balaban J connectivity index is 1.79. The molecule has 3 aromatic carbocycles. The molecule has 5 nitrogen and oxygen atoms in total. The van der Waals surface area contributed by atoms with E-state index >= 15 is 0 Å². The Morgan fingerprint density at radius 3 is 2.15 bits per heavy atom. The van der Waals surface area contributed by atoms with Crippen molar-refractivity contribution in [1.29, 1.82) is 0 Å². The van der Waals surface area contributed by atoms with Crippen molar-refractivity contribution in [1.82, 2.24) is 0 Å². The Hall–Kier alpha value is -3.93.